The van der Waals surface area contributed by atoms with Crippen LogP contribution in [0.15, 0.2) is 18.2 Å². The van der Waals surface area contributed by atoms with Gasteiger partial charge in [0.1, 0.15) is 5.82 Å². The smallest absolute Gasteiger partial charge is 0.338 e. The summed E-state index contributed by atoms with van der Waals surface area (Å²) in [5.41, 5.74) is 0.0609. The van der Waals surface area contributed by atoms with Crippen LogP contribution in [0.5, 0.6) is 0 Å². The summed E-state index contributed by atoms with van der Waals surface area (Å²) in [6.07, 6.45) is 0.412. The molecule has 0 aliphatic carbocycles. The number of methoxy groups -OCH3 is 2. The van der Waals surface area contributed by atoms with Crippen LogP contribution in [-0.4, -0.2) is 33.6 Å². The second kappa shape index (κ2) is 7.53. The van der Waals surface area contributed by atoms with Crippen molar-refractivity contribution < 1.29 is 23.5 Å². The zero-order valence-electron chi connectivity index (χ0n) is 9.32. The molecule has 0 aliphatic rings. The molecular formula is C11H13FO4. The van der Waals surface area contributed by atoms with Gasteiger partial charge < -0.3 is 9.47 Å². The lowest BCUT2D eigenvalue weighted by Gasteiger charge is -2.01. The van der Waals surface area contributed by atoms with Gasteiger partial charge in [0.05, 0.1) is 12.7 Å². The average molecular weight is 228 g/mol. The van der Waals surface area contributed by atoms with E-state index in [1.807, 2.05) is 0 Å². The van der Waals surface area contributed by atoms with Gasteiger partial charge in [0.15, 0.2) is 6.29 Å². The molecular weight excluding hydrogens is 215 g/mol. The lowest BCUT2D eigenvalue weighted by Crippen LogP contribution is -2.05. The van der Waals surface area contributed by atoms with E-state index in [0.29, 0.717) is 6.29 Å². The molecule has 0 unspecified atom stereocenters. The molecule has 5 heteroatoms. The fraction of sp³-hybridized carbons (Fsp3) is 0.273. The highest BCUT2D eigenvalue weighted by Crippen LogP contribution is 2.10. The number of hydrogen-bond acceptors (Lipinski definition) is 4. The highest BCUT2D eigenvalue weighted by molar-refractivity contribution is 5.98. The SMILES string of the molecule is COC.COC(=O)c1ccc(F)cc1C=O. The summed E-state index contributed by atoms with van der Waals surface area (Å²) in [6.45, 7) is 0. The summed E-state index contributed by atoms with van der Waals surface area (Å²) >= 11 is 0. The highest BCUT2D eigenvalue weighted by Gasteiger charge is 2.11. The number of hydrogen-bond donors (Lipinski definition) is 0. The van der Waals surface area contributed by atoms with Gasteiger partial charge in [-0.3, -0.25) is 4.79 Å². The Labute approximate surface area is 93.0 Å². The van der Waals surface area contributed by atoms with Crippen LogP contribution in [0.3, 0.4) is 0 Å². The van der Waals surface area contributed by atoms with Crippen molar-refractivity contribution in [2.75, 3.05) is 21.3 Å². The fourth-order valence-electron chi connectivity index (χ4n) is 0.927. The van der Waals surface area contributed by atoms with Crippen molar-refractivity contribution in [2.24, 2.45) is 0 Å². The molecule has 16 heavy (non-hydrogen) atoms. The van der Waals surface area contributed by atoms with Gasteiger partial charge in [0.2, 0.25) is 0 Å². The first-order chi connectivity index (χ1) is 7.60. The van der Waals surface area contributed by atoms with Crippen LogP contribution < -0.4 is 0 Å². The molecule has 0 spiro atoms. The lowest BCUT2D eigenvalue weighted by molar-refractivity contribution is 0.0598. The molecule has 0 aliphatic heterocycles. The molecule has 1 aromatic rings. The third kappa shape index (κ3) is 4.18. The second-order valence-corrected chi connectivity index (χ2v) is 2.75. The maximum atomic E-state index is 12.6. The topological polar surface area (TPSA) is 52.6 Å². The van der Waals surface area contributed by atoms with Crippen molar-refractivity contribution in [3.05, 3.63) is 35.1 Å². The third-order valence-electron chi connectivity index (χ3n) is 1.55. The number of benzene rings is 1. The molecule has 0 aromatic heterocycles. The van der Waals surface area contributed by atoms with Gasteiger partial charge in [0.25, 0.3) is 0 Å². The fourth-order valence-corrected chi connectivity index (χ4v) is 0.927. The lowest BCUT2D eigenvalue weighted by atomic mass is 10.1. The maximum Gasteiger partial charge on any atom is 0.338 e. The van der Waals surface area contributed by atoms with Crippen LogP contribution in [0.25, 0.3) is 0 Å². The van der Waals surface area contributed by atoms with Crippen LogP contribution in [-0.2, 0) is 9.47 Å². The summed E-state index contributed by atoms with van der Waals surface area (Å²) in [5, 5.41) is 0. The Kier molecular flexibility index (Phi) is 6.71. The molecule has 0 N–H and O–H groups in total. The zero-order valence-corrected chi connectivity index (χ0v) is 9.32. The Balaban J connectivity index is 0.000000673. The standard InChI is InChI=1S/C9H7FO3.C2H6O/c1-13-9(12)8-3-2-7(10)4-6(8)5-11;1-3-2/h2-5H,1H3;1-2H3. The first-order valence-corrected chi connectivity index (χ1v) is 4.33. The van der Waals surface area contributed by atoms with E-state index in [1.54, 1.807) is 14.2 Å². The molecule has 4 nitrogen and oxygen atoms in total. The Morgan fingerprint density at radius 1 is 1.31 bits per heavy atom. The number of carbonyl (C=O) groups excluding carboxylic acids is 2. The molecule has 0 heterocycles. The van der Waals surface area contributed by atoms with E-state index in [9.17, 15) is 14.0 Å². The van der Waals surface area contributed by atoms with Crippen molar-refractivity contribution in [3.8, 4) is 0 Å². The minimum Gasteiger partial charge on any atom is -0.465 e. The first-order valence-electron chi connectivity index (χ1n) is 4.33. The molecule has 0 amide bonds. The summed E-state index contributed by atoms with van der Waals surface area (Å²) in [4.78, 5) is 21.4. The van der Waals surface area contributed by atoms with Gasteiger partial charge in [-0.15, -0.1) is 0 Å². The van der Waals surface area contributed by atoms with Crippen molar-refractivity contribution in [1.82, 2.24) is 0 Å². The van der Waals surface area contributed by atoms with Gasteiger partial charge >= 0.3 is 5.97 Å². The molecule has 0 atom stereocenters. The van der Waals surface area contributed by atoms with E-state index in [1.165, 1.54) is 13.2 Å². The maximum absolute atomic E-state index is 12.6. The van der Waals surface area contributed by atoms with Crippen molar-refractivity contribution in [3.63, 3.8) is 0 Å². The average Bonchev–Trinajstić information content (AvgIpc) is 2.29. The van der Waals surface area contributed by atoms with Crippen LogP contribution in [0.4, 0.5) is 4.39 Å². The monoisotopic (exact) mass is 228 g/mol. The molecule has 1 rings (SSSR count). The van der Waals surface area contributed by atoms with Crippen LogP contribution in [0.2, 0.25) is 0 Å². The number of carbonyl (C=O) groups is 2. The predicted octanol–water partition coefficient (Wildman–Crippen LogP) is 1.69. The molecule has 0 saturated heterocycles. The van der Waals surface area contributed by atoms with E-state index in [-0.39, 0.29) is 11.1 Å². The van der Waals surface area contributed by atoms with Crippen LogP contribution in [0.1, 0.15) is 20.7 Å². The quantitative estimate of drug-likeness (QED) is 0.571. The van der Waals surface area contributed by atoms with E-state index in [0.717, 1.165) is 12.1 Å². The first kappa shape index (κ1) is 14.2. The molecule has 1 aromatic carbocycles. The third-order valence-corrected chi connectivity index (χ3v) is 1.55. The number of halogens is 1. The number of esters is 1. The summed E-state index contributed by atoms with van der Waals surface area (Å²) < 4.78 is 21.2. The molecule has 88 valence electrons. The van der Waals surface area contributed by atoms with E-state index >= 15 is 0 Å². The molecule has 0 saturated carbocycles. The molecule has 0 radical (unpaired) electrons. The van der Waals surface area contributed by atoms with Crippen LogP contribution in [0, 0.1) is 5.82 Å². The Morgan fingerprint density at radius 3 is 2.31 bits per heavy atom. The number of rotatable bonds is 2. The van der Waals surface area contributed by atoms with Gasteiger partial charge in [-0.1, -0.05) is 0 Å². The van der Waals surface area contributed by atoms with E-state index in [4.69, 9.17) is 0 Å². The van der Waals surface area contributed by atoms with Gasteiger partial charge in [-0.2, -0.15) is 0 Å². The zero-order chi connectivity index (χ0) is 12.6. The van der Waals surface area contributed by atoms with Crippen LogP contribution >= 0.6 is 0 Å². The Hall–Kier alpha value is -1.75. The molecule has 0 fully saturated rings. The van der Waals surface area contributed by atoms with Crippen molar-refractivity contribution >= 4 is 12.3 Å². The Bertz CT molecular complexity index is 363. The number of ether oxygens (including phenoxy) is 2. The normalized spacial score (nSPS) is 8.75. The van der Waals surface area contributed by atoms with E-state index in [2.05, 4.69) is 9.47 Å². The van der Waals surface area contributed by atoms with Gasteiger partial charge in [0, 0.05) is 19.8 Å². The largest absolute Gasteiger partial charge is 0.465 e. The Morgan fingerprint density at radius 2 is 1.88 bits per heavy atom. The van der Waals surface area contributed by atoms with Crippen molar-refractivity contribution in [2.45, 2.75) is 0 Å². The summed E-state index contributed by atoms with van der Waals surface area (Å²) in [5.74, 6) is -1.21. The number of aldehydes is 1. The summed E-state index contributed by atoms with van der Waals surface area (Å²) in [7, 11) is 4.44. The highest BCUT2D eigenvalue weighted by atomic mass is 19.1. The van der Waals surface area contributed by atoms with Gasteiger partial charge in [-0.05, 0) is 18.2 Å². The second-order valence-electron chi connectivity index (χ2n) is 2.75. The minimum atomic E-state index is -0.651. The minimum absolute atomic E-state index is 0.00755. The molecule has 0 bridgehead atoms. The summed E-state index contributed by atoms with van der Waals surface area (Å²) in [6, 6.07) is 3.30. The van der Waals surface area contributed by atoms with Crippen molar-refractivity contribution in [1.29, 1.82) is 0 Å². The predicted molar refractivity (Wildman–Crippen MR) is 56.1 cm³/mol. The van der Waals surface area contributed by atoms with E-state index < -0.39 is 11.8 Å². The van der Waals surface area contributed by atoms with Gasteiger partial charge in [-0.25, -0.2) is 9.18 Å².